The van der Waals surface area contributed by atoms with Crippen LogP contribution in [-0.4, -0.2) is 20.8 Å². The van der Waals surface area contributed by atoms with Crippen LogP contribution in [0.1, 0.15) is 0 Å². The molecule has 2 rings (SSSR count). The molecular weight excluding hydrogens is 233 g/mol. The van der Waals surface area contributed by atoms with Gasteiger partial charge in [-0.25, -0.2) is 4.39 Å². The van der Waals surface area contributed by atoms with E-state index in [4.69, 9.17) is 25.6 Å². The van der Waals surface area contributed by atoms with Crippen LogP contribution in [0.3, 0.4) is 0 Å². The lowest BCUT2D eigenvalue weighted by atomic mass is 9.78. The summed E-state index contributed by atoms with van der Waals surface area (Å²) in [6.07, 6.45) is 3.18. The highest BCUT2D eigenvalue weighted by Crippen LogP contribution is 2.26. The van der Waals surface area contributed by atoms with Gasteiger partial charge in [0.05, 0.1) is 25.0 Å². The van der Waals surface area contributed by atoms with Crippen molar-refractivity contribution in [3.63, 3.8) is 0 Å². The molecule has 0 amide bonds. The maximum atomic E-state index is 13.9. The van der Waals surface area contributed by atoms with Crippen molar-refractivity contribution < 1.29 is 18.4 Å². The van der Waals surface area contributed by atoms with Crippen LogP contribution in [-0.2, 0) is 9.31 Å². The monoisotopic (exact) mass is 242 g/mol. The van der Waals surface area contributed by atoms with Crippen LogP contribution in [0, 0.1) is 5.82 Å². The Kier molecular flexibility index (Phi) is 3.36. The highest BCUT2D eigenvalue weighted by molar-refractivity contribution is 6.62. The minimum atomic E-state index is -0.754. The summed E-state index contributed by atoms with van der Waals surface area (Å²) in [6, 6.07) is 3.06. The zero-order valence-corrected chi connectivity index (χ0v) is 9.33. The van der Waals surface area contributed by atoms with E-state index < -0.39 is 12.9 Å². The van der Waals surface area contributed by atoms with Crippen LogP contribution in [0.2, 0.25) is 5.02 Å². The van der Waals surface area contributed by atoms with Crippen molar-refractivity contribution in [1.29, 1.82) is 0 Å². The predicted octanol–water partition coefficient (Wildman–Crippen LogP) is 1.74. The summed E-state index contributed by atoms with van der Waals surface area (Å²) in [5.74, 6) is -0.559. The Balaban J connectivity index is 2.37. The molecule has 0 saturated heterocycles. The third-order valence-corrected chi connectivity index (χ3v) is 2.48. The maximum absolute atomic E-state index is 13.9. The van der Waals surface area contributed by atoms with E-state index >= 15 is 0 Å². The Hall–Kier alpha value is -1.20. The summed E-state index contributed by atoms with van der Waals surface area (Å²) >= 11 is 5.78. The quantitative estimate of drug-likeness (QED) is 0.740. The van der Waals surface area contributed by atoms with Gasteiger partial charge < -0.3 is 14.0 Å². The Morgan fingerprint density at radius 3 is 2.94 bits per heavy atom. The largest absolute Gasteiger partial charge is 0.565 e. The van der Waals surface area contributed by atoms with E-state index in [-0.39, 0.29) is 16.2 Å². The smallest absolute Gasteiger partial charge is 0.538 e. The zero-order valence-electron chi connectivity index (χ0n) is 8.57. The number of ether oxygens (including phenoxy) is 1. The first-order valence-electron chi connectivity index (χ1n) is 4.68. The van der Waals surface area contributed by atoms with E-state index in [1.807, 2.05) is 0 Å². The molecule has 0 aliphatic carbocycles. The van der Waals surface area contributed by atoms with E-state index in [0.29, 0.717) is 6.61 Å². The van der Waals surface area contributed by atoms with Gasteiger partial charge in [-0.2, -0.15) is 0 Å². The van der Waals surface area contributed by atoms with Crippen molar-refractivity contribution in [1.82, 2.24) is 0 Å². The van der Waals surface area contributed by atoms with Crippen LogP contribution in [0.25, 0.3) is 0 Å². The Morgan fingerprint density at radius 1 is 1.50 bits per heavy atom. The van der Waals surface area contributed by atoms with Gasteiger partial charge in [0.2, 0.25) is 0 Å². The summed E-state index contributed by atoms with van der Waals surface area (Å²) in [5, 5.41) is 0.218. The summed E-state index contributed by atoms with van der Waals surface area (Å²) in [6.45, 7) is 0.384. The summed E-state index contributed by atoms with van der Waals surface area (Å²) < 4.78 is 29.2. The first kappa shape index (κ1) is 11.3. The SMILES string of the molecule is COc1c(Cl)ccc(B2OC=CCO2)c1F. The molecule has 16 heavy (non-hydrogen) atoms. The fourth-order valence-corrected chi connectivity index (χ4v) is 1.65. The van der Waals surface area contributed by atoms with E-state index in [1.54, 1.807) is 12.1 Å². The number of hydrogen-bond donors (Lipinski definition) is 0. The van der Waals surface area contributed by atoms with Crippen molar-refractivity contribution in [2.75, 3.05) is 13.7 Å². The molecule has 1 aliphatic rings. The second-order valence-corrected chi connectivity index (χ2v) is 3.56. The first-order chi connectivity index (χ1) is 7.74. The number of benzene rings is 1. The molecule has 1 aliphatic heterocycles. The molecule has 0 radical (unpaired) electrons. The number of hydrogen-bond acceptors (Lipinski definition) is 3. The summed E-state index contributed by atoms with van der Waals surface area (Å²) in [7, 11) is 0.604. The van der Waals surface area contributed by atoms with Gasteiger partial charge in [0.1, 0.15) is 0 Å². The van der Waals surface area contributed by atoms with Gasteiger partial charge in [0, 0.05) is 5.46 Å². The van der Waals surface area contributed by atoms with Crippen LogP contribution in [0.4, 0.5) is 4.39 Å². The molecule has 1 aromatic rings. The molecule has 0 N–H and O–H groups in total. The van der Waals surface area contributed by atoms with E-state index in [9.17, 15) is 4.39 Å². The predicted molar refractivity (Wildman–Crippen MR) is 59.5 cm³/mol. The molecule has 3 nitrogen and oxygen atoms in total. The van der Waals surface area contributed by atoms with Gasteiger partial charge in [0.15, 0.2) is 11.6 Å². The molecule has 0 fully saturated rings. The average molecular weight is 242 g/mol. The molecule has 0 saturated carbocycles. The molecule has 0 unspecified atom stereocenters. The van der Waals surface area contributed by atoms with Crippen molar-refractivity contribution in [3.8, 4) is 5.75 Å². The fraction of sp³-hybridized carbons (Fsp3) is 0.200. The number of halogens is 2. The second kappa shape index (κ2) is 4.76. The lowest BCUT2D eigenvalue weighted by molar-refractivity contribution is 0.263. The summed E-state index contributed by atoms with van der Waals surface area (Å²) in [4.78, 5) is 0. The van der Waals surface area contributed by atoms with Gasteiger partial charge >= 0.3 is 7.12 Å². The van der Waals surface area contributed by atoms with E-state index in [1.165, 1.54) is 19.4 Å². The van der Waals surface area contributed by atoms with Crippen LogP contribution in [0.15, 0.2) is 24.5 Å². The van der Waals surface area contributed by atoms with Gasteiger partial charge in [-0.1, -0.05) is 17.7 Å². The lowest BCUT2D eigenvalue weighted by Gasteiger charge is -2.17. The minimum absolute atomic E-state index is 0.000852. The van der Waals surface area contributed by atoms with Gasteiger partial charge in [-0.3, -0.25) is 0 Å². The van der Waals surface area contributed by atoms with Gasteiger partial charge in [-0.05, 0) is 12.1 Å². The molecule has 84 valence electrons. The van der Waals surface area contributed by atoms with Gasteiger partial charge in [0.25, 0.3) is 0 Å². The number of methoxy groups -OCH3 is 1. The highest BCUT2D eigenvalue weighted by Gasteiger charge is 2.29. The molecule has 0 aromatic heterocycles. The normalized spacial score (nSPS) is 14.8. The third-order valence-electron chi connectivity index (χ3n) is 2.18. The molecule has 1 heterocycles. The van der Waals surface area contributed by atoms with Crippen molar-refractivity contribution in [3.05, 3.63) is 35.3 Å². The number of rotatable bonds is 2. The lowest BCUT2D eigenvalue weighted by Crippen LogP contribution is -2.39. The van der Waals surface area contributed by atoms with Crippen LogP contribution in [0.5, 0.6) is 5.75 Å². The minimum Gasteiger partial charge on any atom is -0.538 e. The Bertz CT molecular complexity index is 425. The van der Waals surface area contributed by atoms with Crippen molar-refractivity contribution >= 4 is 24.2 Å². The molecule has 0 spiro atoms. The van der Waals surface area contributed by atoms with Crippen molar-refractivity contribution in [2.45, 2.75) is 0 Å². The average Bonchev–Trinajstić information content (AvgIpc) is 2.31. The van der Waals surface area contributed by atoms with Crippen molar-refractivity contribution in [2.24, 2.45) is 0 Å². The van der Waals surface area contributed by atoms with E-state index in [0.717, 1.165) is 0 Å². The fourth-order valence-electron chi connectivity index (χ4n) is 1.43. The third kappa shape index (κ3) is 2.01. The highest BCUT2D eigenvalue weighted by atomic mass is 35.5. The topological polar surface area (TPSA) is 27.7 Å². The van der Waals surface area contributed by atoms with Crippen LogP contribution < -0.4 is 10.2 Å². The Labute approximate surface area is 97.9 Å². The maximum Gasteiger partial charge on any atom is 0.565 e. The molecule has 0 atom stereocenters. The molecular formula is C10H9BClFO3. The summed E-state index contributed by atoms with van der Waals surface area (Å²) in [5.41, 5.74) is 0.269. The molecule has 0 bridgehead atoms. The first-order valence-corrected chi connectivity index (χ1v) is 5.06. The molecule has 1 aromatic carbocycles. The van der Waals surface area contributed by atoms with E-state index in [2.05, 4.69) is 0 Å². The van der Waals surface area contributed by atoms with Crippen LogP contribution >= 0.6 is 11.6 Å². The van der Waals surface area contributed by atoms with Gasteiger partial charge in [-0.15, -0.1) is 0 Å². The Morgan fingerprint density at radius 2 is 2.31 bits per heavy atom. The zero-order chi connectivity index (χ0) is 11.5. The second-order valence-electron chi connectivity index (χ2n) is 3.16. The standard InChI is InChI=1S/C10H9BClFO3/c1-14-10-8(12)4-3-7(9(10)13)11-15-5-2-6-16-11/h2-5H,6H2,1H3. The molecule has 6 heteroatoms.